The Hall–Kier alpha value is -1.50. The number of hydrogen-bond acceptors (Lipinski definition) is 0. The average Bonchev–Trinajstić information content (AvgIpc) is 2.73. The summed E-state index contributed by atoms with van der Waals surface area (Å²) in [5.74, 6) is 0.556. The molecule has 0 atom stereocenters. The van der Waals surface area contributed by atoms with Crippen LogP contribution in [0.3, 0.4) is 0 Å². The topological polar surface area (TPSA) is 4.93 Å². The van der Waals surface area contributed by atoms with Crippen LogP contribution in [0.4, 0.5) is 0 Å². The minimum atomic E-state index is 0.556. The molecule has 0 radical (unpaired) electrons. The van der Waals surface area contributed by atoms with Gasteiger partial charge in [-0.15, -0.1) is 0 Å². The molecule has 0 aliphatic carbocycles. The van der Waals surface area contributed by atoms with Crippen LogP contribution in [-0.2, 0) is 6.42 Å². The number of aryl methyl sites for hydroxylation is 1. The first kappa shape index (κ1) is 11.0. The van der Waals surface area contributed by atoms with Crippen molar-refractivity contribution in [2.75, 3.05) is 0 Å². The van der Waals surface area contributed by atoms with Gasteiger partial charge in [0, 0.05) is 17.1 Å². The highest BCUT2D eigenvalue weighted by atomic mass is 15.0. The second-order valence-corrected chi connectivity index (χ2v) is 4.43. The zero-order chi connectivity index (χ0) is 11.5. The molecule has 0 fully saturated rings. The Kier molecular flexibility index (Phi) is 3.14. The van der Waals surface area contributed by atoms with Gasteiger partial charge >= 0.3 is 0 Å². The van der Waals surface area contributed by atoms with Crippen LogP contribution in [0.2, 0.25) is 0 Å². The van der Waals surface area contributed by atoms with Crippen molar-refractivity contribution in [1.29, 1.82) is 0 Å². The molecule has 2 aromatic rings. The molecule has 1 heteroatoms. The molecule has 1 aromatic carbocycles. The minimum Gasteiger partial charge on any atom is -0.318 e. The minimum absolute atomic E-state index is 0.556. The van der Waals surface area contributed by atoms with Crippen molar-refractivity contribution in [3.63, 3.8) is 0 Å². The number of hydrogen-bond donors (Lipinski definition) is 0. The number of nitrogens with zero attached hydrogens (tertiary/aromatic N) is 1. The van der Waals surface area contributed by atoms with Crippen LogP contribution in [0.25, 0.3) is 5.69 Å². The van der Waals surface area contributed by atoms with E-state index in [2.05, 4.69) is 67.8 Å². The van der Waals surface area contributed by atoms with E-state index in [9.17, 15) is 0 Å². The van der Waals surface area contributed by atoms with E-state index in [1.54, 1.807) is 0 Å². The molecule has 84 valence electrons. The molecule has 0 N–H and O–H groups in total. The Bertz CT molecular complexity index is 452. The lowest BCUT2D eigenvalue weighted by Crippen LogP contribution is -2.04. The van der Waals surface area contributed by atoms with E-state index in [0.717, 1.165) is 6.42 Å². The van der Waals surface area contributed by atoms with E-state index < -0.39 is 0 Å². The molecule has 16 heavy (non-hydrogen) atoms. The standard InChI is InChI=1S/C15H19N/c1-4-13-10-11-15(12(2)3)16(13)14-8-6-5-7-9-14/h5-12H,4H2,1-3H3. The van der Waals surface area contributed by atoms with E-state index in [-0.39, 0.29) is 0 Å². The zero-order valence-corrected chi connectivity index (χ0v) is 10.3. The summed E-state index contributed by atoms with van der Waals surface area (Å²) in [4.78, 5) is 0. The third-order valence-corrected chi connectivity index (χ3v) is 2.96. The Balaban J connectivity index is 2.57. The molecule has 0 aliphatic rings. The molecule has 1 nitrogen and oxygen atoms in total. The summed E-state index contributed by atoms with van der Waals surface area (Å²) in [6.45, 7) is 6.70. The summed E-state index contributed by atoms with van der Waals surface area (Å²) in [5.41, 5.74) is 4.05. The van der Waals surface area contributed by atoms with E-state index in [1.165, 1.54) is 17.1 Å². The van der Waals surface area contributed by atoms with Crippen molar-refractivity contribution in [3.8, 4) is 5.69 Å². The summed E-state index contributed by atoms with van der Waals surface area (Å²) in [7, 11) is 0. The smallest absolute Gasteiger partial charge is 0.0455 e. The fraction of sp³-hybridized carbons (Fsp3) is 0.333. The number of aromatic nitrogens is 1. The summed E-state index contributed by atoms with van der Waals surface area (Å²) in [6, 6.07) is 15.1. The predicted molar refractivity (Wildman–Crippen MR) is 69.2 cm³/mol. The molecule has 0 saturated carbocycles. The van der Waals surface area contributed by atoms with Gasteiger partial charge in [0.1, 0.15) is 0 Å². The van der Waals surface area contributed by atoms with Crippen LogP contribution in [0.5, 0.6) is 0 Å². The van der Waals surface area contributed by atoms with E-state index in [0.29, 0.717) is 5.92 Å². The summed E-state index contributed by atoms with van der Waals surface area (Å²) in [5, 5.41) is 0. The second-order valence-electron chi connectivity index (χ2n) is 4.43. The van der Waals surface area contributed by atoms with E-state index in [4.69, 9.17) is 0 Å². The van der Waals surface area contributed by atoms with Gasteiger partial charge in [-0.25, -0.2) is 0 Å². The normalized spacial score (nSPS) is 11.0. The van der Waals surface area contributed by atoms with Crippen LogP contribution in [0.1, 0.15) is 38.1 Å². The van der Waals surface area contributed by atoms with Gasteiger partial charge in [0.05, 0.1) is 0 Å². The fourth-order valence-corrected chi connectivity index (χ4v) is 2.12. The van der Waals surface area contributed by atoms with E-state index in [1.807, 2.05) is 0 Å². The highest BCUT2D eigenvalue weighted by Gasteiger charge is 2.10. The molecule has 0 aliphatic heterocycles. The monoisotopic (exact) mass is 213 g/mol. The average molecular weight is 213 g/mol. The van der Waals surface area contributed by atoms with Crippen LogP contribution in [0, 0.1) is 0 Å². The molecule has 0 bridgehead atoms. The van der Waals surface area contributed by atoms with Crippen molar-refractivity contribution >= 4 is 0 Å². The summed E-state index contributed by atoms with van der Waals surface area (Å²) in [6.07, 6.45) is 1.07. The summed E-state index contributed by atoms with van der Waals surface area (Å²) >= 11 is 0. The van der Waals surface area contributed by atoms with Gasteiger partial charge in [0.25, 0.3) is 0 Å². The first-order chi connectivity index (χ1) is 7.74. The highest BCUT2D eigenvalue weighted by Crippen LogP contribution is 2.23. The molecule has 2 rings (SSSR count). The molecule has 0 unspecified atom stereocenters. The Morgan fingerprint density at radius 3 is 2.25 bits per heavy atom. The second kappa shape index (κ2) is 4.56. The maximum atomic E-state index is 2.38. The van der Waals surface area contributed by atoms with Crippen molar-refractivity contribution in [3.05, 3.63) is 53.9 Å². The Morgan fingerprint density at radius 1 is 1.00 bits per heavy atom. The third-order valence-electron chi connectivity index (χ3n) is 2.96. The maximum Gasteiger partial charge on any atom is 0.0455 e. The van der Waals surface area contributed by atoms with Gasteiger partial charge in [-0.3, -0.25) is 0 Å². The van der Waals surface area contributed by atoms with Gasteiger partial charge in [0.15, 0.2) is 0 Å². The third kappa shape index (κ3) is 1.90. The molecular formula is C15H19N. The molecule has 0 spiro atoms. The van der Waals surface area contributed by atoms with Crippen LogP contribution < -0.4 is 0 Å². The number of rotatable bonds is 3. The predicted octanol–water partition coefficient (Wildman–Crippen LogP) is 4.16. The lowest BCUT2D eigenvalue weighted by Gasteiger charge is -2.15. The Morgan fingerprint density at radius 2 is 1.69 bits per heavy atom. The Labute approximate surface area is 97.7 Å². The van der Waals surface area contributed by atoms with Gasteiger partial charge < -0.3 is 4.57 Å². The highest BCUT2D eigenvalue weighted by molar-refractivity contribution is 5.38. The van der Waals surface area contributed by atoms with Crippen molar-refractivity contribution < 1.29 is 0 Å². The summed E-state index contributed by atoms with van der Waals surface area (Å²) < 4.78 is 2.38. The SMILES string of the molecule is CCc1ccc(C(C)C)n1-c1ccccc1. The number of para-hydroxylation sites is 1. The van der Waals surface area contributed by atoms with Crippen LogP contribution in [-0.4, -0.2) is 4.57 Å². The molecule has 1 aromatic heterocycles. The molecule has 0 saturated heterocycles. The van der Waals surface area contributed by atoms with E-state index >= 15 is 0 Å². The van der Waals surface area contributed by atoms with Gasteiger partial charge in [-0.1, -0.05) is 39.0 Å². The lowest BCUT2D eigenvalue weighted by molar-refractivity contribution is 0.766. The molecule has 1 heterocycles. The van der Waals surface area contributed by atoms with Gasteiger partial charge in [0.2, 0.25) is 0 Å². The maximum absolute atomic E-state index is 2.38. The first-order valence-corrected chi connectivity index (χ1v) is 6.00. The molecular weight excluding hydrogens is 194 g/mol. The lowest BCUT2D eigenvalue weighted by atomic mass is 10.1. The first-order valence-electron chi connectivity index (χ1n) is 6.00. The number of benzene rings is 1. The quantitative estimate of drug-likeness (QED) is 0.721. The van der Waals surface area contributed by atoms with Crippen molar-refractivity contribution in [1.82, 2.24) is 4.57 Å². The zero-order valence-electron chi connectivity index (χ0n) is 10.3. The van der Waals surface area contributed by atoms with Gasteiger partial charge in [-0.05, 0) is 36.6 Å². The van der Waals surface area contributed by atoms with Crippen molar-refractivity contribution in [2.45, 2.75) is 33.1 Å². The van der Waals surface area contributed by atoms with Crippen LogP contribution in [0.15, 0.2) is 42.5 Å². The van der Waals surface area contributed by atoms with Gasteiger partial charge in [-0.2, -0.15) is 0 Å². The largest absolute Gasteiger partial charge is 0.318 e. The fourth-order valence-electron chi connectivity index (χ4n) is 2.12. The van der Waals surface area contributed by atoms with Crippen molar-refractivity contribution in [2.24, 2.45) is 0 Å². The molecule has 0 amide bonds. The van der Waals surface area contributed by atoms with Crippen LogP contribution >= 0.6 is 0 Å².